The van der Waals surface area contributed by atoms with E-state index in [9.17, 15) is 5.11 Å². The summed E-state index contributed by atoms with van der Waals surface area (Å²) in [5.41, 5.74) is 5.88. The summed E-state index contributed by atoms with van der Waals surface area (Å²) < 4.78 is 12.5. The van der Waals surface area contributed by atoms with Crippen LogP contribution in [0.4, 0.5) is 0 Å². The third kappa shape index (κ3) is 4.18. The van der Waals surface area contributed by atoms with Crippen LogP contribution in [0.15, 0.2) is 85.1 Å². The Morgan fingerprint density at radius 2 is 1.41 bits per heavy atom. The van der Waals surface area contributed by atoms with Crippen molar-refractivity contribution < 1.29 is 14.6 Å². The van der Waals surface area contributed by atoms with E-state index < -0.39 is 0 Å². The van der Waals surface area contributed by atoms with Crippen LogP contribution < -0.4 is 9.47 Å². The Balaban J connectivity index is 1.61. The summed E-state index contributed by atoms with van der Waals surface area (Å²) in [6, 6.07) is 25.8. The van der Waals surface area contributed by atoms with Crippen LogP contribution in [0.1, 0.15) is 22.5 Å². The maximum absolute atomic E-state index is 11.2. The van der Waals surface area contributed by atoms with Crippen molar-refractivity contribution in [2.45, 2.75) is 12.8 Å². The summed E-state index contributed by atoms with van der Waals surface area (Å²) in [6.07, 6.45) is 2.90. The first-order chi connectivity index (χ1) is 16.7. The predicted molar refractivity (Wildman–Crippen MR) is 132 cm³/mol. The second-order valence-electron chi connectivity index (χ2n) is 8.04. The second-order valence-corrected chi connectivity index (χ2v) is 8.04. The van der Waals surface area contributed by atoms with Gasteiger partial charge in [0.05, 0.1) is 25.6 Å². The van der Waals surface area contributed by atoms with Gasteiger partial charge in [-0.2, -0.15) is 0 Å². The molecule has 3 aromatic carbocycles. The lowest BCUT2D eigenvalue weighted by molar-refractivity contribution is 0.354. The molecule has 0 saturated heterocycles. The maximum Gasteiger partial charge on any atom is 0.219 e. The number of rotatable bonds is 7. The minimum absolute atomic E-state index is 0.110. The van der Waals surface area contributed by atoms with E-state index in [-0.39, 0.29) is 5.88 Å². The van der Waals surface area contributed by atoms with Crippen molar-refractivity contribution in [3.63, 3.8) is 0 Å². The van der Waals surface area contributed by atoms with Crippen LogP contribution >= 0.6 is 0 Å². The van der Waals surface area contributed by atoms with Gasteiger partial charge in [-0.3, -0.25) is 4.40 Å². The smallest absolute Gasteiger partial charge is 0.219 e. The highest BCUT2D eigenvalue weighted by Gasteiger charge is 2.18. The molecule has 170 valence electrons. The molecule has 5 rings (SSSR count). The van der Waals surface area contributed by atoms with Crippen LogP contribution in [-0.2, 0) is 12.8 Å². The van der Waals surface area contributed by atoms with Gasteiger partial charge in [-0.05, 0) is 23.3 Å². The monoisotopic (exact) mass is 451 g/mol. The molecule has 0 aliphatic heterocycles. The number of methoxy groups -OCH3 is 2. The number of hydrogen-bond donors (Lipinski definition) is 1. The third-order valence-electron chi connectivity index (χ3n) is 5.82. The number of aromatic hydroxyl groups is 1. The summed E-state index contributed by atoms with van der Waals surface area (Å²) in [5, 5.41) is 11.2. The molecule has 0 fully saturated rings. The van der Waals surface area contributed by atoms with Crippen molar-refractivity contribution >= 4 is 5.65 Å². The molecule has 0 amide bonds. The molecule has 6 heteroatoms. The standard InChI is InChI=1S/C28H25N3O3/c1-33-25-14-13-20(17-26(25)34-2)16-23-28(32)31-18-24(21-11-7-4-8-12-21)29-22(27(31)30-23)15-19-9-5-3-6-10-19/h3-14,17-18,32H,15-16H2,1-2H3. The van der Waals surface area contributed by atoms with E-state index in [1.165, 1.54) is 0 Å². The summed E-state index contributed by atoms with van der Waals surface area (Å²) in [6.45, 7) is 0. The number of imidazole rings is 1. The molecule has 0 aliphatic carbocycles. The van der Waals surface area contributed by atoms with E-state index in [0.717, 1.165) is 28.1 Å². The van der Waals surface area contributed by atoms with E-state index in [1.54, 1.807) is 18.6 Å². The van der Waals surface area contributed by atoms with Crippen molar-refractivity contribution in [1.82, 2.24) is 14.4 Å². The number of nitrogens with zero attached hydrogens (tertiary/aromatic N) is 3. The van der Waals surface area contributed by atoms with E-state index in [4.69, 9.17) is 19.4 Å². The van der Waals surface area contributed by atoms with Gasteiger partial charge in [0.15, 0.2) is 17.1 Å². The third-order valence-corrected chi connectivity index (χ3v) is 5.82. The summed E-state index contributed by atoms with van der Waals surface area (Å²) >= 11 is 0. The fraction of sp³-hybridized carbons (Fsp3) is 0.143. The van der Waals surface area contributed by atoms with Gasteiger partial charge < -0.3 is 14.6 Å². The number of fused-ring (bicyclic) bond motifs is 1. The zero-order valence-electron chi connectivity index (χ0n) is 19.1. The van der Waals surface area contributed by atoms with Crippen molar-refractivity contribution in [2.24, 2.45) is 0 Å². The first-order valence-electron chi connectivity index (χ1n) is 11.1. The number of hydrogen-bond acceptors (Lipinski definition) is 5. The molecular weight excluding hydrogens is 426 g/mol. The molecule has 34 heavy (non-hydrogen) atoms. The van der Waals surface area contributed by atoms with E-state index in [2.05, 4.69) is 12.1 Å². The summed E-state index contributed by atoms with van der Waals surface area (Å²) in [4.78, 5) is 9.76. The lowest BCUT2D eigenvalue weighted by Gasteiger charge is -2.09. The topological polar surface area (TPSA) is 68.9 Å². The quantitative estimate of drug-likeness (QED) is 0.364. The average Bonchev–Trinajstić information content (AvgIpc) is 3.20. The molecule has 0 unspecified atom stereocenters. The first-order valence-corrected chi connectivity index (χ1v) is 11.1. The van der Waals surface area contributed by atoms with Crippen molar-refractivity contribution in [3.05, 3.63) is 108 Å². The largest absolute Gasteiger partial charge is 0.493 e. The second kappa shape index (κ2) is 9.27. The van der Waals surface area contributed by atoms with E-state index in [1.807, 2.05) is 72.9 Å². The van der Waals surface area contributed by atoms with Crippen LogP contribution in [-0.4, -0.2) is 33.7 Å². The molecule has 1 N–H and O–H groups in total. The normalized spacial score (nSPS) is 11.0. The van der Waals surface area contributed by atoms with Crippen molar-refractivity contribution in [1.29, 1.82) is 0 Å². The van der Waals surface area contributed by atoms with Crippen LogP contribution in [0.3, 0.4) is 0 Å². The Morgan fingerprint density at radius 3 is 2.12 bits per heavy atom. The highest BCUT2D eigenvalue weighted by atomic mass is 16.5. The van der Waals surface area contributed by atoms with Crippen molar-refractivity contribution in [3.8, 4) is 28.6 Å². The Morgan fingerprint density at radius 1 is 0.735 bits per heavy atom. The highest BCUT2D eigenvalue weighted by Crippen LogP contribution is 2.31. The fourth-order valence-electron chi connectivity index (χ4n) is 4.10. The van der Waals surface area contributed by atoms with Gasteiger partial charge in [0.25, 0.3) is 0 Å². The fourth-order valence-corrected chi connectivity index (χ4v) is 4.10. The molecular formula is C28H25N3O3. The molecule has 0 radical (unpaired) electrons. The maximum atomic E-state index is 11.2. The average molecular weight is 452 g/mol. The van der Waals surface area contributed by atoms with Gasteiger partial charge in [0.2, 0.25) is 5.88 Å². The number of benzene rings is 3. The van der Waals surface area contributed by atoms with Gasteiger partial charge in [-0.15, -0.1) is 0 Å². The molecule has 6 nitrogen and oxygen atoms in total. The number of ether oxygens (including phenoxy) is 2. The minimum atomic E-state index is 0.110. The van der Waals surface area contributed by atoms with Crippen molar-refractivity contribution in [2.75, 3.05) is 14.2 Å². The molecule has 0 atom stereocenters. The van der Waals surface area contributed by atoms with Crippen LogP contribution in [0.25, 0.3) is 16.9 Å². The first kappa shape index (κ1) is 21.5. The number of aromatic nitrogens is 3. The molecule has 0 spiro atoms. The zero-order chi connectivity index (χ0) is 23.5. The van der Waals surface area contributed by atoms with E-state index in [0.29, 0.717) is 35.7 Å². The van der Waals surface area contributed by atoms with Gasteiger partial charge in [-0.25, -0.2) is 9.97 Å². The van der Waals surface area contributed by atoms with E-state index >= 15 is 0 Å². The van der Waals surface area contributed by atoms with Gasteiger partial charge >= 0.3 is 0 Å². The summed E-state index contributed by atoms with van der Waals surface area (Å²) in [7, 11) is 3.22. The van der Waals surface area contributed by atoms with Gasteiger partial charge in [0, 0.05) is 24.6 Å². The molecule has 2 aromatic heterocycles. The lowest BCUT2D eigenvalue weighted by atomic mass is 10.1. The Labute approximate surface area is 198 Å². The van der Waals surface area contributed by atoms with Crippen LogP contribution in [0, 0.1) is 0 Å². The zero-order valence-corrected chi connectivity index (χ0v) is 19.1. The summed E-state index contributed by atoms with van der Waals surface area (Å²) in [5.74, 6) is 1.41. The predicted octanol–water partition coefficient (Wildman–Crippen LogP) is 5.30. The minimum Gasteiger partial charge on any atom is -0.493 e. The lowest BCUT2D eigenvalue weighted by Crippen LogP contribution is -2.00. The Hall–Kier alpha value is -4.32. The van der Waals surface area contributed by atoms with Gasteiger partial charge in [0.1, 0.15) is 5.69 Å². The van der Waals surface area contributed by atoms with Gasteiger partial charge in [-0.1, -0.05) is 66.7 Å². The molecule has 5 aromatic rings. The Kier molecular flexibility index (Phi) is 5.87. The highest BCUT2D eigenvalue weighted by molar-refractivity contribution is 5.63. The molecule has 0 aliphatic rings. The molecule has 0 saturated carbocycles. The SMILES string of the molecule is COc1ccc(Cc2nc3c(Cc4ccccc4)nc(-c4ccccc4)cn3c2O)cc1OC. The molecule has 2 heterocycles. The Bertz CT molecular complexity index is 1430. The van der Waals surface area contributed by atoms with Crippen LogP contribution in [0.5, 0.6) is 17.4 Å². The molecule has 0 bridgehead atoms. The van der Waals surface area contributed by atoms with Crippen LogP contribution in [0.2, 0.25) is 0 Å².